The normalized spacial score (nSPS) is 14.1. The second kappa shape index (κ2) is 10.2. The molecule has 4 aromatic rings. The Kier molecular flexibility index (Phi) is 6.79. The lowest BCUT2D eigenvalue weighted by Gasteiger charge is -2.16. The number of rotatable bonds is 9. The first kappa shape index (κ1) is 25.3. The summed E-state index contributed by atoms with van der Waals surface area (Å²) >= 11 is 0. The Morgan fingerprint density at radius 1 is 1.24 bits per heavy atom. The molecule has 0 amide bonds. The van der Waals surface area contributed by atoms with Crippen molar-refractivity contribution in [2.24, 2.45) is 5.92 Å². The summed E-state index contributed by atoms with van der Waals surface area (Å²) < 4.78 is 49.3. The number of likely N-dealkylation sites (N-methyl/N-ethyl adjacent to an activating group) is 1. The number of hydrogen-bond acceptors (Lipinski definition) is 8. The number of sulfonamides is 1. The molecule has 194 valence electrons. The first-order valence-corrected chi connectivity index (χ1v) is 13.3. The largest absolute Gasteiger partial charge is 0.457 e. The van der Waals surface area contributed by atoms with Gasteiger partial charge in [0, 0.05) is 25.2 Å². The molecular weight excluding hydrogens is 509 g/mol. The standard InChI is InChI=1S/C26H24FN7O3S/c1-33(38(35,36)20(15-28)13-17-7-8-17)11-12-34-26-23(25(29)30-16-31-26)24(32-34)21-10-9-19(14-22(21)27)37-18-5-3-2-4-6-18/h2-6,9-10,13-14,16-17H,7-8,11-12H2,1H3,(H2,29,30,31). The molecule has 1 saturated carbocycles. The number of anilines is 1. The van der Waals surface area contributed by atoms with Gasteiger partial charge in [0.1, 0.15) is 41.2 Å². The first-order valence-electron chi connectivity index (χ1n) is 11.9. The van der Waals surface area contributed by atoms with E-state index in [1.807, 2.05) is 18.2 Å². The SMILES string of the molecule is CN(CCn1nc(-c2ccc(Oc3ccccc3)cc2F)c2c(N)ncnc21)S(=O)(=O)C(C#N)=CC1CC1. The van der Waals surface area contributed by atoms with Crippen molar-refractivity contribution in [1.82, 2.24) is 24.1 Å². The van der Waals surface area contributed by atoms with E-state index < -0.39 is 15.8 Å². The van der Waals surface area contributed by atoms with Crippen LogP contribution in [0.15, 0.2) is 65.8 Å². The van der Waals surface area contributed by atoms with Gasteiger partial charge in [-0.25, -0.2) is 27.5 Å². The lowest BCUT2D eigenvalue weighted by atomic mass is 10.1. The molecule has 2 aromatic heterocycles. The molecule has 10 nitrogen and oxygen atoms in total. The van der Waals surface area contributed by atoms with Gasteiger partial charge >= 0.3 is 0 Å². The zero-order valence-corrected chi connectivity index (χ0v) is 21.3. The zero-order chi connectivity index (χ0) is 26.9. The lowest BCUT2D eigenvalue weighted by molar-refractivity contribution is 0.441. The fraction of sp³-hybridized carbons (Fsp3) is 0.231. The highest BCUT2D eigenvalue weighted by molar-refractivity contribution is 7.93. The summed E-state index contributed by atoms with van der Waals surface area (Å²) in [5, 5.41) is 14.3. The van der Waals surface area contributed by atoms with E-state index in [4.69, 9.17) is 10.5 Å². The van der Waals surface area contributed by atoms with Crippen LogP contribution in [0.3, 0.4) is 0 Å². The van der Waals surface area contributed by atoms with E-state index in [1.54, 1.807) is 24.3 Å². The summed E-state index contributed by atoms with van der Waals surface area (Å²) in [7, 11) is -2.56. The fourth-order valence-corrected chi connectivity index (χ4v) is 5.07. The maximum Gasteiger partial charge on any atom is 0.252 e. The molecule has 2 N–H and O–H groups in total. The summed E-state index contributed by atoms with van der Waals surface area (Å²) in [4.78, 5) is 8.03. The van der Waals surface area contributed by atoms with Crippen molar-refractivity contribution < 1.29 is 17.5 Å². The molecule has 5 rings (SSSR count). The van der Waals surface area contributed by atoms with Crippen molar-refractivity contribution in [2.45, 2.75) is 19.4 Å². The van der Waals surface area contributed by atoms with Crippen LogP contribution < -0.4 is 10.5 Å². The summed E-state index contributed by atoms with van der Waals surface area (Å²) in [6.45, 7) is 0.0835. The molecular formula is C26H24FN7O3S. The molecule has 1 aliphatic carbocycles. The van der Waals surface area contributed by atoms with Crippen LogP contribution in [0.4, 0.5) is 10.2 Å². The molecule has 2 aromatic carbocycles. The molecule has 0 atom stereocenters. The third-order valence-electron chi connectivity index (χ3n) is 6.17. The Hall–Kier alpha value is -4.34. The summed E-state index contributed by atoms with van der Waals surface area (Å²) in [6, 6.07) is 15.2. The van der Waals surface area contributed by atoms with Crippen molar-refractivity contribution in [3.63, 3.8) is 0 Å². The van der Waals surface area contributed by atoms with E-state index >= 15 is 4.39 Å². The van der Waals surface area contributed by atoms with Gasteiger partial charge in [0.25, 0.3) is 10.0 Å². The predicted molar refractivity (Wildman–Crippen MR) is 140 cm³/mol. The highest BCUT2D eigenvalue weighted by Crippen LogP contribution is 2.35. The monoisotopic (exact) mass is 533 g/mol. The van der Waals surface area contributed by atoms with Gasteiger partial charge in [-0.3, -0.25) is 0 Å². The predicted octanol–water partition coefficient (Wildman–Crippen LogP) is 4.09. The minimum absolute atomic E-state index is 0.00150. The van der Waals surface area contributed by atoms with Crippen LogP contribution in [0, 0.1) is 23.1 Å². The second-order valence-corrected chi connectivity index (χ2v) is 10.9. The van der Waals surface area contributed by atoms with Crippen molar-refractivity contribution in [3.8, 4) is 28.8 Å². The van der Waals surface area contributed by atoms with E-state index in [2.05, 4.69) is 15.1 Å². The number of hydrogen-bond donors (Lipinski definition) is 1. The van der Waals surface area contributed by atoms with E-state index in [1.165, 1.54) is 36.3 Å². The molecule has 0 bridgehead atoms. The van der Waals surface area contributed by atoms with Gasteiger partial charge in [-0.2, -0.15) is 14.7 Å². The summed E-state index contributed by atoms with van der Waals surface area (Å²) in [5.41, 5.74) is 6.84. The van der Waals surface area contributed by atoms with Gasteiger partial charge in [-0.1, -0.05) is 24.3 Å². The number of halogens is 1. The Labute approximate surface area is 218 Å². The molecule has 12 heteroatoms. The van der Waals surface area contributed by atoms with Crippen LogP contribution in [0.1, 0.15) is 12.8 Å². The number of fused-ring (bicyclic) bond motifs is 1. The van der Waals surface area contributed by atoms with Crippen LogP contribution in [0.25, 0.3) is 22.3 Å². The number of aromatic nitrogens is 4. The highest BCUT2D eigenvalue weighted by Gasteiger charge is 2.28. The minimum Gasteiger partial charge on any atom is -0.457 e. The molecule has 1 fully saturated rings. The van der Waals surface area contributed by atoms with E-state index in [0.29, 0.717) is 22.5 Å². The highest BCUT2D eigenvalue weighted by atomic mass is 32.2. The number of nitriles is 1. The topological polar surface area (TPSA) is 140 Å². The number of ether oxygens (including phenoxy) is 1. The number of nitrogen functional groups attached to an aromatic ring is 1. The third kappa shape index (κ3) is 5.06. The first-order chi connectivity index (χ1) is 18.3. The maximum absolute atomic E-state index is 15.3. The number of nitrogens with zero attached hydrogens (tertiary/aromatic N) is 6. The number of allylic oxidation sites excluding steroid dienone is 2. The summed E-state index contributed by atoms with van der Waals surface area (Å²) in [5.74, 6) is 0.532. The van der Waals surface area contributed by atoms with Crippen LogP contribution >= 0.6 is 0 Å². The molecule has 0 spiro atoms. The fourth-order valence-electron chi connectivity index (χ4n) is 3.93. The number of para-hydroxylation sites is 1. The van der Waals surface area contributed by atoms with Crippen molar-refractivity contribution >= 4 is 26.9 Å². The third-order valence-corrected chi connectivity index (χ3v) is 7.95. The van der Waals surface area contributed by atoms with Gasteiger partial charge in [0.15, 0.2) is 10.6 Å². The summed E-state index contributed by atoms with van der Waals surface area (Å²) in [6.07, 6.45) is 4.53. The second-order valence-electron chi connectivity index (χ2n) is 8.89. The van der Waals surface area contributed by atoms with Crippen molar-refractivity contribution in [1.29, 1.82) is 5.26 Å². The Bertz CT molecular complexity index is 1680. The zero-order valence-electron chi connectivity index (χ0n) is 20.5. The van der Waals surface area contributed by atoms with Gasteiger partial charge < -0.3 is 10.5 Å². The van der Waals surface area contributed by atoms with Gasteiger partial charge in [0.05, 0.1) is 11.9 Å². The van der Waals surface area contributed by atoms with Gasteiger partial charge in [-0.05, 0) is 43.0 Å². The minimum atomic E-state index is -3.96. The molecule has 38 heavy (non-hydrogen) atoms. The van der Waals surface area contributed by atoms with E-state index in [0.717, 1.165) is 17.1 Å². The Morgan fingerprint density at radius 3 is 2.68 bits per heavy atom. The number of benzene rings is 2. The lowest BCUT2D eigenvalue weighted by Crippen LogP contribution is -2.31. The molecule has 0 radical (unpaired) electrons. The van der Waals surface area contributed by atoms with E-state index in [-0.39, 0.29) is 41.0 Å². The van der Waals surface area contributed by atoms with Crippen molar-refractivity contribution in [3.05, 3.63) is 71.7 Å². The average molecular weight is 534 g/mol. The Balaban J connectivity index is 1.43. The van der Waals surface area contributed by atoms with Crippen LogP contribution in [0.5, 0.6) is 11.5 Å². The van der Waals surface area contributed by atoms with Crippen LogP contribution in [-0.4, -0.2) is 46.1 Å². The van der Waals surface area contributed by atoms with Crippen molar-refractivity contribution in [2.75, 3.05) is 19.3 Å². The van der Waals surface area contributed by atoms with Gasteiger partial charge in [-0.15, -0.1) is 0 Å². The molecule has 2 heterocycles. The number of nitrogens with two attached hydrogens (primary N) is 1. The maximum atomic E-state index is 15.3. The average Bonchev–Trinajstić information content (AvgIpc) is 3.65. The molecule has 0 aliphatic heterocycles. The molecule has 0 unspecified atom stereocenters. The Morgan fingerprint density at radius 2 is 2.00 bits per heavy atom. The van der Waals surface area contributed by atoms with Crippen LogP contribution in [-0.2, 0) is 16.6 Å². The quantitative estimate of drug-likeness (QED) is 0.317. The molecule has 0 saturated heterocycles. The smallest absolute Gasteiger partial charge is 0.252 e. The molecule has 1 aliphatic rings. The van der Waals surface area contributed by atoms with Crippen LogP contribution in [0.2, 0.25) is 0 Å². The van der Waals surface area contributed by atoms with E-state index in [9.17, 15) is 13.7 Å². The van der Waals surface area contributed by atoms with Gasteiger partial charge in [0.2, 0.25) is 0 Å².